The van der Waals surface area contributed by atoms with Gasteiger partial charge in [-0.05, 0) is 67.3 Å². The summed E-state index contributed by atoms with van der Waals surface area (Å²) < 4.78 is 16.2. The summed E-state index contributed by atoms with van der Waals surface area (Å²) in [5.74, 6) is 0.658. The first-order chi connectivity index (χ1) is 15.1. The number of ether oxygens (including phenoxy) is 3. The van der Waals surface area contributed by atoms with E-state index in [9.17, 15) is 9.90 Å². The topological polar surface area (TPSA) is 81.1 Å². The zero-order chi connectivity index (χ0) is 21.4. The van der Waals surface area contributed by atoms with Crippen molar-refractivity contribution in [3.63, 3.8) is 0 Å². The second-order valence-corrected chi connectivity index (χ2v) is 8.99. The molecule has 3 aliphatic rings. The van der Waals surface area contributed by atoms with Crippen LogP contribution in [0, 0.1) is 11.3 Å². The minimum absolute atomic E-state index is 0.126. The Morgan fingerprint density at radius 2 is 2.13 bits per heavy atom. The van der Waals surface area contributed by atoms with Crippen LogP contribution < -0.4 is 14.4 Å². The van der Waals surface area contributed by atoms with Crippen LogP contribution in [0.5, 0.6) is 11.5 Å². The molecule has 31 heavy (non-hydrogen) atoms. The molecule has 0 radical (unpaired) electrons. The van der Waals surface area contributed by atoms with E-state index in [1.807, 2.05) is 24.4 Å². The molecule has 0 bridgehead atoms. The molecule has 1 saturated carbocycles. The number of hydrogen-bond acceptors (Lipinski definition) is 6. The van der Waals surface area contributed by atoms with Gasteiger partial charge in [-0.25, -0.2) is 0 Å². The normalized spacial score (nSPS) is 23.9. The van der Waals surface area contributed by atoms with Crippen LogP contribution in [0.15, 0.2) is 30.5 Å². The Morgan fingerprint density at radius 3 is 2.94 bits per heavy atom. The molecule has 5 rings (SSSR count). The molecule has 1 N–H and O–H groups in total. The number of aromatic nitrogens is 1. The Kier molecular flexibility index (Phi) is 5.22. The standard InChI is InChI=1S/C24H28N2O5/c1-29-8-2-3-16-9-19(26-7-6-24(14-26)11-18(12-24)23(27)28)22(25-13-16)17-4-5-20-21(10-17)31-15-30-20/h4-5,9-10,13,18H,2-3,6-8,11-12,14-15H2,1H3,(H,27,28). The summed E-state index contributed by atoms with van der Waals surface area (Å²) in [5.41, 5.74) is 4.36. The van der Waals surface area contributed by atoms with Crippen LogP contribution in [0.2, 0.25) is 0 Å². The van der Waals surface area contributed by atoms with Crippen LogP contribution in [0.3, 0.4) is 0 Å². The summed E-state index contributed by atoms with van der Waals surface area (Å²) in [6.07, 6.45) is 6.40. The molecule has 1 saturated heterocycles. The van der Waals surface area contributed by atoms with Gasteiger partial charge in [-0.2, -0.15) is 0 Å². The van der Waals surface area contributed by atoms with Crippen molar-refractivity contribution in [2.45, 2.75) is 32.1 Å². The number of fused-ring (bicyclic) bond motifs is 1. The third-order valence-electron chi connectivity index (χ3n) is 6.87. The van der Waals surface area contributed by atoms with E-state index in [1.54, 1.807) is 7.11 Å². The number of rotatable bonds is 7. The summed E-state index contributed by atoms with van der Waals surface area (Å²) in [7, 11) is 1.72. The molecule has 164 valence electrons. The third-order valence-corrected chi connectivity index (χ3v) is 6.87. The molecular weight excluding hydrogens is 396 g/mol. The maximum Gasteiger partial charge on any atom is 0.306 e. The molecular formula is C24H28N2O5. The predicted molar refractivity (Wildman–Crippen MR) is 116 cm³/mol. The lowest BCUT2D eigenvalue weighted by Gasteiger charge is -2.43. The number of aliphatic carboxylic acids is 1. The van der Waals surface area contributed by atoms with E-state index >= 15 is 0 Å². The first-order valence-corrected chi connectivity index (χ1v) is 10.9. The SMILES string of the molecule is COCCCc1cnc(-c2ccc3c(c2)OCO3)c(N2CCC3(CC(C(=O)O)C3)C2)c1. The van der Waals surface area contributed by atoms with Gasteiger partial charge in [-0.15, -0.1) is 0 Å². The van der Waals surface area contributed by atoms with Gasteiger partial charge in [0.05, 0.1) is 17.3 Å². The minimum Gasteiger partial charge on any atom is -0.481 e. The zero-order valence-electron chi connectivity index (χ0n) is 17.8. The van der Waals surface area contributed by atoms with Gasteiger partial charge in [-0.3, -0.25) is 9.78 Å². The zero-order valence-corrected chi connectivity index (χ0v) is 17.8. The molecule has 2 aromatic rings. The van der Waals surface area contributed by atoms with E-state index in [-0.39, 0.29) is 18.1 Å². The molecule has 0 amide bonds. The molecule has 0 unspecified atom stereocenters. The average molecular weight is 424 g/mol. The van der Waals surface area contributed by atoms with Crippen molar-refractivity contribution in [2.24, 2.45) is 11.3 Å². The lowest BCUT2D eigenvalue weighted by Crippen LogP contribution is -2.43. The molecule has 2 aliphatic heterocycles. The van der Waals surface area contributed by atoms with E-state index < -0.39 is 5.97 Å². The highest BCUT2D eigenvalue weighted by atomic mass is 16.7. The van der Waals surface area contributed by atoms with E-state index in [0.29, 0.717) is 0 Å². The molecule has 1 spiro atoms. The molecule has 1 aliphatic carbocycles. The lowest BCUT2D eigenvalue weighted by atomic mass is 9.61. The van der Waals surface area contributed by atoms with E-state index in [2.05, 4.69) is 11.0 Å². The van der Waals surface area contributed by atoms with Gasteiger partial charge in [0.2, 0.25) is 6.79 Å². The first-order valence-electron chi connectivity index (χ1n) is 10.9. The fourth-order valence-corrected chi connectivity index (χ4v) is 5.19. The van der Waals surface area contributed by atoms with E-state index in [0.717, 1.165) is 80.2 Å². The molecule has 0 atom stereocenters. The Balaban J connectivity index is 1.44. The van der Waals surface area contributed by atoms with E-state index in [1.165, 1.54) is 5.56 Å². The molecule has 7 nitrogen and oxygen atoms in total. The fraction of sp³-hybridized carbons (Fsp3) is 0.500. The van der Waals surface area contributed by atoms with Crippen LogP contribution in [0.4, 0.5) is 5.69 Å². The fourth-order valence-electron chi connectivity index (χ4n) is 5.19. The van der Waals surface area contributed by atoms with Gasteiger partial charge in [0, 0.05) is 38.6 Å². The van der Waals surface area contributed by atoms with Crippen LogP contribution in [0.1, 0.15) is 31.2 Å². The molecule has 2 fully saturated rings. The molecule has 3 heterocycles. The van der Waals surface area contributed by atoms with Crippen molar-refractivity contribution >= 4 is 11.7 Å². The number of hydrogen-bond donors (Lipinski definition) is 1. The summed E-state index contributed by atoms with van der Waals surface area (Å²) in [5, 5.41) is 9.31. The third kappa shape index (κ3) is 3.82. The highest BCUT2D eigenvalue weighted by Gasteiger charge is 2.51. The Bertz CT molecular complexity index is 986. The van der Waals surface area contributed by atoms with Gasteiger partial charge < -0.3 is 24.2 Å². The van der Waals surface area contributed by atoms with E-state index in [4.69, 9.17) is 19.2 Å². The van der Waals surface area contributed by atoms with Gasteiger partial charge in [0.25, 0.3) is 0 Å². The number of anilines is 1. The van der Waals surface area contributed by atoms with Crippen molar-refractivity contribution in [1.29, 1.82) is 0 Å². The number of aryl methyl sites for hydroxylation is 1. The second-order valence-electron chi connectivity index (χ2n) is 8.99. The Morgan fingerprint density at radius 1 is 1.29 bits per heavy atom. The quantitative estimate of drug-likeness (QED) is 0.678. The van der Waals surface area contributed by atoms with Crippen LogP contribution >= 0.6 is 0 Å². The molecule has 1 aromatic carbocycles. The van der Waals surface area contributed by atoms with Gasteiger partial charge >= 0.3 is 5.97 Å². The monoisotopic (exact) mass is 424 g/mol. The van der Waals surface area contributed by atoms with Gasteiger partial charge in [-0.1, -0.05) is 0 Å². The number of benzene rings is 1. The van der Waals surface area contributed by atoms with Gasteiger partial charge in [0.1, 0.15) is 0 Å². The summed E-state index contributed by atoms with van der Waals surface area (Å²) in [6, 6.07) is 8.20. The average Bonchev–Trinajstić information content (AvgIpc) is 3.39. The lowest BCUT2D eigenvalue weighted by molar-refractivity contribution is -0.149. The van der Waals surface area contributed by atoms with Crippen molar-refractivity contribution < 1.29 is 24.1 Å². The molecule has 1 aromatic heterocycles. The van der Waals surface area contributed by atoms with Crippen molar-refractivity contribution in [3.8, 4) is 22.8 Å². The number of nitrogens with zero attached hydrogens (tertiary/aromatic N) is 2. The summed E-state index contributed by atoms with van der Waals surface area (Å²) >= 11 is 0. The number of pyridine rings is 1. The highest BCUT2D eigenvalue weighted by Crippen LogP contribution is 2.53. The minimum atomic E-state index is -0.660. The summed E-state index contributed by atoms with van der Waals surface area (Å²) in [4.78, 5) is 18.6. The smallest absolute Gasteiger partial charge is 0.306 e. The maximum atomic E-state index is 11.3. The van der Waals surface area contributed by atoms with Gasteiger partial charge in [0.15, 0.2) is 11.5 Å². The maximum absolute atomic E-state index is 11.3. The number of carboxylic acid groups (broad SMARTS) is 1. The van der Waals surface area contributed by atoms with Crippen LogP contribution in [-0.2, 0) is 16.0 Å². The first kappa shape index (κ1) is 20.1. The van der Waals surface area contributed by atoms with Crippen LogP contribution in [0.25, 0.3) is 11.3 Å². The second kappa shape index (κ2) is 8.04. The van der Waals surface area contributed by atoms with Crippen molar-refractivity contribution in [1.82, 2.24) is 4.98 Å². The molecule has 7 heteroatoms. The number of methoxy groups -OCH3 is 1. The predicted octanol–water partition coefficient (Wildman–Crippen LogP) is 3.75. The number of carbonyl (C=O) groups is 1. The number of carboxylic acids is 1. The Labute approximate surface area is 181 Å². The Hall–Kier alpha value is -2.80. The summed E-state index contributed by atoms with van der Waals surface area (Å²) in [6.45, 7) is 2.78. The van der Waals surface area contributed by atoms with Crippen LogP contribution in [-0.4, -0.2) is 49.7 Å². The van der Waals surface area contributed by atoms with Crippen molar-refractivity contribution in [2.75, 3.05) is 38.5 Å². The van der Waals surface area contributed by atoms with Crippen molar-refractivity contribution in [3.05, 3.63) is 36.0 Å². The largest absolute Gasteiger partial charge is 0.481 e. The highest BCUT2D eigenvalue weighted by molar-refractivity contribution is 5.78.